The summed E-state index contributed by atoms with van der Waals surface area (Å²) in [5.74, 6) is 1.06. The first kappa shape index (κ1) is 11.7. The monoisotopic (exact) mass is 239 g/mol. The highest BCUT2D eigenvalue weighted by molar-refractivity contribution is 6.31. The summed E-state index contributed by atoms with van der Waals surface area (Å²) in [5, 5.41) is 3.87. The SMILES string of the molecule is CNCc1cc(N2CCCCC2)ncc1Cl. The van der Waals surface area contributed by atoms with Gasteiger partial charge in [0, 0.05) is 25.8 Å². The summed E-state index contributed by atoms with van der Waals surface area (Å²) in [7, 11) is 1.93. The molecule has 0 aromatic carbocycles. The lowest BCUT2D eigenvalue weighted by molar-refractivity contribution is 0.573. The Hall–Kier alpha value is -0.800. The molecule has 1 saturated heterocycles. The van der Waals surface area contributed by atoms with Crippen molar-refractivity contribution in [2.75, 3.05) is 25.0 Å². The van der Waals surface area contributed by atoms with Crippen molar-refractivity contribution in [3.8, 4) is 0 Å². The number of pyridine rings is 1. The van der Waals surface area contributed by atoms with E-state index in [1.54, 1.807) is 6.20 Å². The molecule has 0 atom stereocenters. The number of piperidine rings is 1. The van der Waals surface area contributed by atoms with E-state index in [-0.39, 0.29) is 0 Å². The van der Waals surface area contributed by atoms with Crippen molar-refractivity contribution in [3.05, 3.63) is 22.8 Å². The molecule has 1 aromatic heterocycles. The highest BCUT2D eigenvalue weighted by atomic mass is 35.5. The predicted molar refractivity (Wildman–Crippen MR) is 68.1 cm³/mol. The van der Waals surface area contributed by atoms with E-state index in [0.29, 0.717) is 0 Å². The van der Waals surface area contributed by atoms with Crippen molar-refractivity contribution >= 4 is 17.4 Å². The molecule has 0 saturated carbocycles. The minimum atomic E-state index is 0.745. The molecule has 1 fully saturated rings. The van der Waals surface area contributed by atoms with Gasteiger partial charge in [-0.1, -0.05) is 11.6 Å². The molecule has 1 aromatic rings. The summed E-state index contributed by atoms with van der Waals surface area (Å²) in [5.41, 5.74) is 1.12. The highest BCUT2D eigenvalue weighted by Gasteiger charge is 2.13. The van der Waals surface area contributed by atoms with E-state index < -0.39 is 0 Å². The molecule has 0 unspecified atom stereocenters. The first-order chi connectivity index (χ1) is 7.81. The van der Waals surface area contributed by atoms with Gasteiger partial charge in [0.05, 0.1) is 5.02 Å². The Morgan fingerprint density at radius 3 is 2.81 bits per heavy atom. The lowest BCUT2D eigenvalue weighted by Crippen LogP contribution is -2.30. The molecule has 4 heteroatoms. The smallest absolute Gasteiger partial charge is 0.128 e. The van der Waals surface area contributed by atoms with Gasteiger partial charge in [-0.3, -0.25) is 0 Å². The lowest BCUT2D eigenvalue weighted by atomic mass is 10.1. The summed E-state index contributed by atoms with van der Waals surface area (Å²) in [6, 6.07) is 2.10. The average molecular weight is 240 g/mol. The average Bonchev–Trinajstić information content (AvgIpc) is 2.33. The van der Waals surface area contributed by atoms with Crippen LogP contribution in [-0.4, -0.2) is 25.1 Å². The first-order valence-corrected chi connectivity index (χ1v) is 6.23. The fraction of sp³-hybridized carbons (Fsp3) is 0.583. The number of nitrogens with one attached hydrogen (secondary N) is 1. The second-order valence-electron chi connectivity index (χ2n) is 4.21. The summed E-state index contributed by atoms with van der Waals surface area (Å²) >= 11 is 6.09. The van der Waals surface area contributed by atoms with Gasteiger partial charge in [-0.25, -0.2) is 4.98 Å². The first-order valence-electron chi connectivity index (χ1n) is 5.85. The van der Waals surface area contributed by atoms with Crippen LogP contribution in [0, 0.1) is 0 Å². The van der Waals surface area contributed by atoms with Crippen LogP contribution in [0.1, 0.15) is 24.8 Å². The van der Waals surface area contributed by atoms with Gasteiger partial charge >= 0.3 is 0 Å². The second kappa shape index (κ2) is 5.51. The lowest BCUT2D eigenvalue weighted by Gasteiger charge is -2.28. The van der Waals surface area contributed by atoms with Crippen LogP contribution in [0.15, 0.2) is 12.3 Å². The van der Waals surface area contributed by atoms with Gasteiger partial charge in [-0.2, -0.15) is 0 Å². The van der Waals surface area contributed by atoms with E-state index in [1.165, 1.54) is 19.3 Å². The van der Waals surface area contributed by atoms with Crippen LogP contribution in [0.3, 0.4) is 0 Å². The van der Waals surface area contributed by atoms with E-state index in [1.807, 2.05) is 7.05 Å². The third-order valence-corrected chi connectivity index (χ3v) is 3.31. The fourth-order valence-electron chi connectivity index (χ4n) is 2.09. The number of rotatable bonds is 3. The molecule has 0 amide bonds. The molecule has 2 heterocycles. The molecule has 2 rings (SSSR count). The van der Waals surface area contributed by atoms with Gasteiger partial charge in [0.15, 0.2) is 0 Å². The molecule has 0 aliphatic carbocycles. The van der Waals surface area contributed by atoms with Gasteiger partial charge in [0.2, 0.25) is 0 Å². The highest BCUT2D eigenvalue weighted by Crippen LogP contribution is 2.22. The zero-order valence-electron chi connectivity index (χ0n) is 9.67. The summed E-state index contributed by atoms with van der Waals surface area (Å²) in [6.07, 6.45) is 5.64. The van der Waals surface area contributed by atoms with Crippen LogP contribution in [0.5, 0.6) is 0 Å². The Balaban J connectivity index is 2.17. The predicted octanol–water partition coefficient (Wildman–Crippen LogP) is 2.44. The van der Waals surface area contributed by atoms with E-state index in [4.69, 9.17) is 11.6 Å². The minimum Gasteiger partial charge on any atom is -0.357 e. The van der Waals surface area contributed by atoms with Crippen molar-refractivity contribution in [2.45, 2.75) is 25.8 Å². The Morgan fingerprint density at radius 1 is 1.38 bits per heavy atom. The molecule has 0 radical (unpaired) electrons. The number of hydrogen-bond donors (Lipinski definition) is 1. The normalized spacial score (nSPS) is 16.5. The molecule has 1 aliphatic heterocycles. The summed E-state index contributed by atoms with van der Waals surface area (Å²) in [6.45, 7) is 3.03. The molecule has 0 spiro atoms. The van der Waals surface area contributed by atoms with E-state index in [9.17, 15) is 0 Å². The van der Waals surface area contributed by atoms with E-state index >= 15 is 0 Å². The maximum absolute atomic E-state index is 6.09. The van der Waals surface area contributed by atoms with Gasteiger partial charge < -0.3 is 10.2 Å². The zero-order chi connectivity index (χ0) is 11.4. The molecule has 88 valence electrons. The van der Waals surface area contributed by atoms with Crippen molar-refractivity contribution < 1.29 is 0 Å². The fourth-order valence-corrected chi connectivity index (χ4v) is 2.26. The molecule has 16 heavy (non-hydrogen) atoms. The van der Waals surface area contributed by atoms with Crippen molar-refractivity contribution in [1.29, 1.82) is 0 Å². The van der Waals surface area contributed by atoms with Crippen LogP contribution < -0.4 is 10.2 Å². The van der Waals surface area contributed by atoms with Gasteiger partial charge in [0.25, 0.3) is 0 Å². The van der Waals surface area contributed by atoms with Crippen molar-refractivity contribution in [3.63, 3.8) is 0 Å². The molecule has 1 N–H and O–H groups in total. The van der Waals surface area contributed by atoms with E-state index in [2.05, 4.69) is 21.3 Å². The number of nitrogens with zero attached hydrogens (tertiary/aromatic N) is 2. The van der Waals surface area contributed by atoms with Crippen LogP contribution >= 0.6 is 11.6 Å². The summed E-state index contributed by atoms with van der Waals surface area (Å²) < 4.78 is 0. The van der Waals surface area contributed by atoms with Crippen LogP contribution in [0.4, 0.5) is 5.82 Å². The summed E-state index contributed by atoms with van der Waals surface area (Å²) in [4.78, 5) is 6.76. The quantitative estimate of drug-likeness (QED) is 0.878. The third-order valence-electron chi connectivity index (χ3n) is 2.97. The molecule has 1 aliphatic rings. The van der Waals surface area contributed by atoms with E-state index in [0.717, 1.165) is 36.0 Å². The van der Waals surface area contributed by atoms with Gasteiger partial charge in [-0.05, 0) is 37.9 Å². The number of aromatic nitrogens is 1. The second-order valence-corrected chi connectivity index (χ2v) is 4.62. The third kappa shape index (κ3) is 2.66. The van der Waals surface area contributed by atoms with Crippen LogP contribution in [-0.2, 0) is 6.54 Å². The maximum Gasteiger partial charge on any atom is 0.128 e. The standard InChI is InChI=1S/C12H18ClN3/c1-14-8-10-7-12(15-9-11(10)13)16-5-3-2-4-6-16/h7,9,14H,2-6,8H2,1H3. The Labute approximate surface area is 102 Å². The molecule has 3 nitrogen and oxygen atoms in total. The molecule has 0 bridgehead atoms. The molecular formula is C12H18ClN3. The van der Waals surface area contributed by atoms with Crippen molar-refractivity contribution in [1.82, 2.24) is 10.3 Å². The Morgan fingerprint density at radius 2 is 2.12 bits per heavy atom. The number of hydrogen-bond acceptors (Lipinski definition) is 3. The number of halogens is 1. The van der Waals surface area contributed by atoms with Gasteiger partial charge in [0.1, 0.15) is 5.82 Å². The maximum atomic E-state index is 6.09. The Kier molecular flexibility index (Phi) is 4.02. The minimum absolute atomic E-state index is 0.745. The Bertz CT molecular complexity index is 348. The largest absolute Gasteiger partial charge is 0.357 e. The topological polar surface area (TPSA) is 28.2 Å². The van der Waals surface area contributed by atoms with Gasteiger partial charge in [-0.15, -0.1) is 0 Å². The van der Waals surface area contributed by atoms with Crippen molar-refractivity contribution in [2.24, 2.45) is 0 Å². The molecular weight excluding hydrogens is 222 g/mol. The van der Waals surface area contributed by atoms with Crippen LogP contribution in [0.2, 0.25) is 5.02 Å². The van der Waals surface area contributed by atoms with Crippen LogP contribution in [0.25, 0.3) is 0 Å². The number of anilines is 1. The zero-order valence-corrected chi connectivity index (χ0v) is 10.4.